The molecule has 0 unspecified atom stereocenters. The third kappa shape index (κ3) is 4.81. The van der Waals surface area contributed by atoms with Crippen LogP contribution < -0.4 is 5.32 Å². The van der Waals surface area contributed by atoms with Gasteiger partial charge < -0.3 is 5.32 Å². The number of carbonyl (C=O) groups excluding carboxylic acids is 1. The van der Waals surface area contributed by atoms with Crippen molar-refractivity contribution in [3.05, 3.63) is 69.9 Å². The van der Waals surface area contributed by atoms with Crippen LogP contribution in [0, 0.1) is 12.7 Å². The second-order valence-corrected chi connectivity index (χ2v) is 10.4. The molecule has 1 aliphatic heterocycles. The van der Waals surface area contributed by atoms with Crippen molar-refractivity contribution in [2.24, 2.45) is 0 Å². The molecule has 31 heavy (non-hydrogen) atoms. The Morgan fingerprint density at radius 1 is 1.19 bits per heavy atom. The molecule has 1 saturated heterocycles. The topological polar surface area (TPSA) is 92.3 Å². The minimum absolute atomic E-state index is 0.137. The predicted octanol–water partition coefficient (Wildman–Crippen LogP) is 3.81. The maximum Gasteiger partial charge on any atom is 0.286 e. The first-order valence-corrected chi connectivity index (χ1v) is 12.1. The van der Waals surface area contributed by atoms with Gasteiger partial charge >= 0.3 is 0 Å². The molecule has 2 aromatic carbocycles. The summed E-state index contributed by atoms with van der Waals surface area (Å²) in [6, 6.07) is 12.4. The van der Waals surface area contributed by atoms with Crippen LogP contribution in [-0.2, 0) is 10.0 Å². The predicted molar refractivity (Wildman–Crippen MR) is 116 cm³/mol. The van der Waals surface area contributed by atoms with E-state index < -0.39 is 21.7 Å². The number of sulfonamides is 1. The van der Waals surface area contributed by atoms with Gasteiger partial charge in [0.05, 0.1) is 4.90 Å². The van der Waals surface area contributed by atoms with Gasteiger partial charge in [-0.3, -0.25) is 4.79 Å². The fourth-order valence-electron chi connectivity index (χ4n) is 3.46. The molecular formula is C21H21FN4O3S2. The molecule has 1 amide bonds. The lowest BCUT2D eigenvalue weighted by atomic mass is 10.0. The van der Waals surface area contributed by atoms with Crippen molar-refractivity contribution in [2.45, 2.75) is 30.6 Å². The number of benzene rings is 2. The van der Waals surface area contributed by atoms with Gasteiger partial charge in [-0.1, -0.05) is 35.1 Å². The Kier molecular flexibility index (Phi) is 6.12. The van der Waals surface area contributed by atoms with E-state index in [0.29, 0.717) is 23.7 Å². The number of rotatable bonds is 5. The van der Waals surface area contributed by atoms with E-state index in [1.807, 2.05) is 6.92 Å². The Labute approximate surface area is 184 Å². The molecule has 0 aliphatic carbocycles. The highest BCUT2D eigenvalue weighted by atomic mass is 32.2. The van der Waals surface area contributed by atoms with Gasteiger partial charge in [0.15, 0.2) is 0 Å². The molecule has 1 aliphatic rings. The molecule has 2 heterocycles. The van der Waals surface area contributed by atoms with Gasteiger partial charge in [0.1, 0.15) is 10.8 Å². The van der Waals surface area contributed by atoms with Crippen LogP contribution in [-0.4, -0.2) is 41.9 Å². The molecule has 3 aromatic rings. The van der Waals surface area contributed by atoms with Crippen LogP contribution >= 0.6 is 11.3 Å². The normalized spacial score (nSPS) is 17.4. The zero-order chi connectivity index (χ0) is 22.0. The Morgan fingerprint density at radius 3 is 2.71 bits per heavy atom. The summed E-state index contributed by atoms with van der Waals surface area (Å²) in [6.07, 6.45) is 1.46. The molecule has 1 aromatic heterocycles. The van der Waals surface area contributed by atoms with Crippen LogP contribution in [0.2, 0.25) is 0 Å². The molecule has 1 atom stereocenters. The average Bonchev–Trinajstić information content (AvgIpc) is 3.25. The molecule has 1 N–H and O–H groups in total. The first-order valence-electron chi connectivity index (χ1n) is 9.80. The second kappa shape index (κ2) is 8.81. The number of hydrogen-bond donors (Lipinski definition) is 1. The minimum atomic E-state index is -3.60. The first-order chi connectivity index (χ1) is 14.8. The highest BCUT2D eigenvalue weighted by molar-refractivity contribution is 7.89. The Bertz CT molecular complexity index is 1200. The summed E-state index contributed by atoms with van der Waals surface area (Å²) < 4.78 is 40.8. The molecular weight excluding hydrogens is 439 g/mol. The third-order valence-corrected chi connectivity index (χ3v) is 8.07. The molecule has 7 nitrogen and oxygen atoms in total. The number of aryl methyl sites for hydroxylation is 1. The Balaban J connectivity index is 1.47. The van der Waals surface area contributed by atoms with Gasteiger partial charge in [0.2, 0.25) is 15.0 Å². The summed E-state index contributed by atoms with van der Waals surface area (Å²) in [7, 11) is -3.60. The van der Waals surface area contributed by atoms with E-state index in [1.165, 1.54) is 22.5 Å². The fraction of sp³-hybridized carbons (Fsp3) is 0.286. The van der Waals surface area contributed by atoms with E-state index in [-0.39, 0.29) is 22.4 Å². The van der Waals surface area contributed by atoms with E-state index in [9.17, 15) is 17.6 Å². The van der Waals surface area contributed by atoms with Crippen molar-refractivity contribution < 1.29 is 17.6 Å². The summed E-state index contributed by atoms with van der Waals surface area (Å²) in [6.45, 7) is 2.64. The summed E-state index contributed by atoms with van der Waals surface area (Å²) in [5, 5.41) is 11.5. The number of anilines is 1. The van der Waals surface area contributed by atoms with Crippen LogP contribution in [0.3, 0.4) is 0 Å². The molecule has 0 spiro atoms. The minimum Gasteiger partial charge on any atom is -0.320 e. The third-order valence-electron chi connectivity index (χ3n) is 5.11. The van der Waals surface area contributed by atoms with E-state index in [4.69, 9.17) is 0 Å². The standard InChI is InChI=1S/C21H21FN4O3S2/c1-14-7-9-18(10-8-14)31(28,29)26-11-3-4-15(13-26)20-24-25-21(30-20)19(27)23-17-6-2-5-16(22)12-17/h2,5-10,12,15H,3-4,11,13H2,1H3,(H,23,27)/t15-/m0/s1. The zero-order valence-electron chi connectivity index (χ0n) is 16.8. The maximum absolute atomic E-state index is 13.3. The highest BCUT2D eigenvalue weighted by Gasteiger charge is 2.32. The number of aromatic nitrogens is 2. The van der Waals surface area contributed by atoms with Crippen LogP contribution in [0.4, 0.5) is 10.1 Å². The molecule has 0 bridgehead atoms. The van der Waals surface area contributed by atoms with Crippen molar-refractivity contribution in [1.29, 1.82) is 0 Å². The van der Waals surface area contributed by atoms with Crippen molar-refractivity contribution >= 4 is 33.0 Å². The molecule has 0 saturated carbocycles. The summed E-state index contributed by atoms with van der Waals surface area (Å²) in [5.74, 6) is -1.07. The van der Waals surface area contributed by atoms with Crippen LogP contribution in [0.1, 0.15) is 39.1 Å². The van der Waals surface area contributed by atoms with Crippen molar-refractivity contribution in [2.75, 3.05) is 18.4 Å². The lowest BCUT2D eigenvalue weighted by Crippen LogP contribution is -2.39. The maximum atomic E-state index is 13.3. The molecule has 1 fully saturated rings. The quantitative estimate of drug-likeness (QED) is 0.625. The van der Waals surface area contributed by atoms with Crippen LogP contribution in [0.5, 0.6) is 0 Å². The largest absolute Gasteiger partial charge is 0.320 e. The SMILES string of the molecule is Cc1ccc(S(=O)(=O)N2CCC[C@H](c3nnc(C(=O)Nc4cccc(F)c4)s3)C2)cc1. The smallest absolute Gasteiger partial charge is 0.286 e. The van der Waals surface area contributed by atoms with Crippen molar-refractivity contribution in [1.82, 2.24) is 14.5 Å². The summed E-state index contributed by atoms with van der Waals surface area (Å²) in [5.41, 5.74) is 1.32. The number of amides is 1. The number of nitrogens with one attached hydrogen (secondary N) is 1. The van der Waals surface area contributed by atoms with Gasteiger partial charge in [-0.2, -0.15) is 4.31 Å². The van der Waals surface area contributed by atoms with Gasteiger partial charge in [-0.25, -0.2) is 12.8 Å². The number of piperidine rings is 1. The van der Waals surface area contributed by atoms with E-state index in [2.05, 4.69) is 15.5 Å². The lowest BCUT2D eigenvalue weighted by molar-refractivity contribution is 0.102. The number of halogens is 1. The van der Waals surface area contributed by atoms with Gasteiger partial charge in [-0.15, -0.1) is 10.2 Å². The number of hydrogen-bond acceptors (Lipinski definition) is 6. The number of nitrogens with zero attached hydrogens (tertiary/aromatic N) is 3. The monoisotopic (exact) mass is 460 g/mol. The zero-order valence-corrected chi connectivity index (χ0v) is 18.4. The molecule has 4 rings (SSSR count). The van der Waals surface area contributed by atoms with E-state index in [1.54, 1.807) is 30.3 Å². The average molecular weight is 461 g/mol. The molecule has 0 radical (unpaired) electrons. The van der Waals surface area contributed by atoms with Gasteiger partial charge in [0.25, 0.3) is 5.91 Å². The highest BCUT2D eigenvalue weighted by Crippen LogP contribution is 2.32. The fourth-order valence-corrected chi connectivity index (χ4v) is 5.85. The molecule has 162 valence electrons. The van der Waals surface area contributed by atoms with Crippen molar-refractivity contribution in [3.8, 4) is 0 Å². The lowest BCUT2D eigenvalue weighted by Gasteiger charge is -2.30. The number of carbonyl (C=O) groups is 1. The second-order valence-electron chi connectivity index (χ2n) is 7.43. The Morgan fingerprint density at radius 2 is 1.97 bits per heavy atom. The summed E-state index contributed by atoms with van der Waals surface area (Å²) in [4.78, 5) is 12.7. The summed E-state index contributed by atoms with van der Waals surface area (Å²) >= 11 is 1.13. The first kappa shape index (κ1) is 21.5. The van der Waals surface area contributed by atoms with E-state index in [0.717, 1.165) is 23.3 Å². The van der Waals surface area contributed by atoms with Crippen LogP contribution in [0.15, 0.2) is 53.4 Å². The van der Waals surface area contributed by atoms with Crippen LogP contribution in [0.25, 0.3) is 0 Å². The molecule has 10 heteroatoms. The van der Waals surface area contributed by atoms with Crippen molar-refractivity contribution in [3.63, 3.8) is 0 Å². The Hall–Kier alpha value is -2.69. The van der Waals surface area contributed by atoms with Gasteiger partial charge in [-0.05, 0) is 50.1 Å². The van der Waals surface area contributed by atoms with Gasteiger partial charge in [0, 0.05) is 24.7 Å². The van der Waals surface area contributed by atoms with E-state index >= 15 is 0 Å².